The summed E-state index contributed by atoms with van der Waals surface area (Å²) in [4.78, 5) is 34.6. The third-order valence-electron chi connectivity index (χ3n) is 5.54. The highest BCUT2D eigenvalue weighted by atomic mass is 32.2. The van der Waals surface area contributed by atoms with Crippen molar-refractivity contribution in [2.75, 3.05) is 11.3 Å². The van der Waals surface area contributed by atoms with Gasteiger partial charge in [-0.1, -0.05) is 18.2 Å². The van der Waals surface area contributed by atoms with Gasteiger partial charge >= 0.3 is 5.97 Å². The zero-order chi connectivity index (χ0) is 28.3. The van der Waals surface area contributed by atoms with Crippen LogP contribution in [0.4, 0.5) is 10.8 Å². The number of carbonyl (C=O) groups is 2. The van der Waals surface area contributed by atoms with Crippen molar-refractivity contribution in [3.63, 3.8) is 0 Å². The van der Waals surface area contributed by atoms with Crippen molar-refractivity contribution in [1.82, 2.24) is 9.88 Å². The van der Waals surface area contributed by atoms with Crippen LogP contribution in [-0.2, 0) is 14.8 Å². The van der Waals surface area contributed by atoms with Gasteiger partial charge in [-0.15, -0.1) is 17.9 Å². The number of thioether (sulfide) groups is 1. The molecule has 2 aromatic carbocycles. The fourth-order valence-electron chi connectivity index (χ4n) is 3.63. The Morgan fingerprint density at radius 1 is 1.12 bits per heavy atom. The van der Waals surface area contributed by atoms with Crippen molar-refractivity contribution in [3.8, 4) is 11.3 Å². The summed E-state index contributed by atoms with van der Waals surface area (Å²) < 4.78 is 33.5. The molecule has 1 amide bonds. The van der Waals surface area contributed by atoms with Gasteiger partial charge in [0.25, 0.3) is 15.9 Å². The summed E-state index contributed by atoms with van der Waals surface area (Å²) in [5.41, 5.74) is 1.33. The molecule has 0 unspecified atom stereocenters. The van der Waals surface area contributed by atoms with E-state index in [4.69, 9.17) is 9.52 Å². The lowest BCUT2D eigenvalue weighted by molar-refractivity contribution is -0.121. The van der Waals surface area contributed by atoms with Crippen LogP contribution in [0.3, 0.4) is 0 Å². The molecule has 0 radical (unpaired) electrons. The summed E-state index contributed by atoms with van der Waals surface area (Å²) in [6, 6.07) is 15.7. The Morgan fingerprint density at radius 2 is 1.88 bits per heavy atom. The number of aromatic nitrogens is 1. The standard InChI is InChI=1S/C27H20N4O6S3/c1-2-14-31-24(32)23(16-20-9-12-22(37-20)17-3-5-18(6-4-17)25(33)34)39-27(31)29-19-7-10-21(11-8-19)40(35,36)30-26-28-13-15-38-26/h2-13,15-16H,1,14H2,(H,28,30)(H,33,34)/b23-16-,29-27?. The van der Waals surface area contributed by atoms with E-state index in [2.05, 4.69) is 21.3 Å². The highest BCUT2D eigenvalue weighted by Gasteiger charge is 2.33. The molecular weight excluding hydrogens is 573 g/mol. The number of aliphatic imine (C=N–C) groups is 1. The lowest BCUT2D eigenvalue weighted by Crippen LogP contribution is -2.29. The molecule has 3 heterocycles. The number of nitrogens with zero attached hydrogens (tertiary/aromatic N) is 3. The van der Waals surface area contributed by atoms with Crippen LogP contribution in [0.15, 0.2) is 104 Å². The number of amidine groups is 1. The number of hydrogen-bond acceptors (Lipinski definition) is 9. The van der Waals surface area contributed by atoms with Crippen LogP contribution in [0.1, 0.15) is 16.1 Å². The highest BCUT2D eigenvalue weighted by Crippen LogP contribution is 2.35. The Hall–Kier alpha value is -4.46. The molecule has 202 valence electrons. The number of carboxylic acid groups (broad SMARTS) is 1. The molecule has 1 aliphatic heterocycles. The minimum atomic E-state index is -3.80. The smallest absolute Gasteiger partial charge is 0.335 e. The maximum absolute atomic E-state index is 13.1. The molecule has 0 atom stereocenters. The molecule has 1 fully saturated rings. The lowest BCUT2D eigenvalue weighted by Gasteiger charge is -2.12. The number of benzene rings is 2. The quantitative estimate of drug-likeness (QED) is 0.186. The SMILES string of the molecule is C=CCN1C(=O)/C(=C/c2ccc(-c3ccc(C(=O)O)cc3)o2)SC1=Nc1ccc(S(=O)(=O)Nc2nccs2)cc1. The molecule has 4 aromatic rings. The first-order valence-corrected chi connectivity index (χ1v) is 14.8. The summed E-state index contributed by atoms with van der Waals surface area (Å²) in [7, 11) is -3.80. The maximum atomic E-state index is 13.1. The first-order valence-electron chi connectivity index (χ1n) is 11.6. The molecule has 2 N–H and O–H groups in total. The van der Waals surface area contributed by atoms with Gasteiger partial charge in [0.1, 0.15) is 11.5 Å². The Morgan fingerprint density at radius 3 is 2.52 bits per heavy atom. The Labute approximate surface area is 237 Å². The molecule has 0 bridgehead atoms. The molecular formula is C27H20N4O6S3. The minimum Gasteiger partial charge on any atom is -0.478 e. The monoisotopic (exact) mass is 592 g/mol. The Balaban J connectivity index is 1.36. The number of furan rings is 1. The fourth-order valence-corrected chi connectivity index (χ4v) is 6.41. The second-order valence-corrected chi connectivity index (χ2v) is 11.8. The molecule has 5 rings (SSSR count). The van der Waals surface area contributed by atoms with E-state index < -0.39 is 16.0 Å². The number of hydrogen-bond donors (Lipinski definition) is 2. The van der Waals surface area contributed by atoms with Crippen LogP contribution in [0.25, 0.3) is 17.4 Å². The molecule has 40 heavy (non-hydrogen) atoms. The van der Waals surface area contributed by atoms with E-state index in [-0.39, 0.29) is 28.0 Å². The number of nitrogens with one attached hydrogen (secondary N) is 1. The number of thiazole rings is 1. The van der Waals surface area contributed by atoms with E-state index in [9.17, 15) is 18.0 Å². The van der Waals surface area contributed by atoms with Gasteiger partial charge in [-0.25, -0.2) is 23.2 Å². The fraction of sp³-hybridized carbons (Fsp3) is 0.0370. The van der Waals surface area contributed by atoms with Crippen LogP contribution in [0.2, 0.25) is 0 Å². The molecule has 0 spiro atoms. The second-order valence-electron chi connectivity index (χ2n) is 8.23. The molecule has 13 heteroatoms. The zero-order valence-corrected chi connectivity index (χ0v) is 23.0. The highest BCUT2D eigenvalue weighted by molar-refractivity contribution is 8.18. The third kappa shape index (κ3) is 5.91. The number of carboxylic acids is 1. The van der Waals surface area contributed by atoms with E-state index in [1.165, 1.54) is 46.7 Å². The predicted molar refractivity (Wildman–Crippen MR) is 155 cm³/mol. The summed E-state index contributed by atoms with van der Waals surface area (Å²) >= 11 is 2.33. The lowest BCUT2D eigenvalue weighted by atomic mass is 10.1. The first-order chi connectivity index (χ1) is 19.2. The van der Waals surface area contributed by atoms with E-state index in [1.54, 1.807) is 53.9 Å². The van der Waals surface area contributed by atoms with Crippen molar-refractivity contribution < 1.29 is 27.5 Å². The normalized spacial score (nSPS) is 15.6. The van der Waals surface area contributed by atoms with Crippen molar-refractivity contribution in [3.05, 3.63) is 101 Å². The zero-order valence-electron chi connectivity index (χ0n) is 20.6. The van der Waals surface area contributed by atoms with Gasteiger partial charge in [0.15, 0.2) is 10.3 Å². The summed E-state index contributed by atoms with van der Waals surface area (Å²) in [6.45, 7) is 3.95. The van der Waals surface area contributed by atoms with Gasteiger partial charge in [-0.3, -0.25) is 14.4 Å². The number of carbonyl (C=O) groups excluding carboxylic acids is 1. The van der Waals surface area contributed by atoms with Gasteiger partial charge in [-0.05, 0) is 60.3 Å². The number of anilines is 1. The predicted octanol–water partition coefficient (Wildman–Crippen LogP) is 5.69. The molecule has 0 saturated carbocycles. The summed E-state index contributed by atoms with van der Waals surface area (Å²) in [5, 5.41) is 11.4. The van der Waals surface area contributed by atoms with E-state index in [1.807, 2.05) is 0 Å². The van der Waals surface area contributed by atoms with E-state index in [0.29, 0.717) is 32.8 Å². The van der Waals surface area contributed by atoms with Gasteiger partial charge in [0, 0.05) is 29.8 Å². The van der Waals surface area contributed by atoms with E-state index in [0.717, 1.165) is 11.8 Å². The van der Waals surface area contributed by atoms with E-state index >= 15 is 0 Å². The summed E-state index contributed by atoms with van der Waals surface area (Å²) in [6.07, 6.45) is 4.70. The molecule has 1 aliphatic rings. The van der Waals surface area contributed by atoms with Crippen molar-refractivity contribution >= 4 is 67.1 Å². The number of sulfonamides is 1. The Bertz CT molecular complexity index is 1740. The topological polar surface area (TPSA) is 142 Å². The van der Waals surface area contributed by atoms with Crippen LogP contribution >= 0.6 is 23.1 Å². The number of amides is 1. The van der Waals surface area contributed by atoms with Gasteiger partial charge in [0.2, 0.25) is 0 Å². The van der Waals surface area contributed by atoms with Crippen molar-refractivity contribution in [1.29, 1.82) is 0 Å². The molecule has 10 nitrogen and oxygen atoms in total. The van der Waals surface area contributed by atoms with Gasteiger partial charge < -0.3 is 9.52 Å². The van der Waals surface area contributed by atoms with Crippen LogP contribution < -0.4 is 4.72 Å². The first kappa shape index (κ1) is 27.1. The summed E-state index contributed by atoms with van der Waals surface area (Å²) in [5.74, 6) is -0.329. The second kappa shape index (κ2) is 11.3. The third-order valence-corrected chi connectivity index (χ3v) is 8.72. The molecule has 2 aromatic heterocycles. The average molecular weight is 593 g/mol. The molecule has 0 aliphatic carbocycles. The van der Waals surface area contributed by atoms with Crippen LogP contribution in [-0.4, -0.2) is 47.0 Å². The van der Waals surface area contributed by atoms with Crippen molar-refractivity contribution in [2.24, 2.45) is 4.99 Å². The van der Waals surface area contributed by atoms with Crippen molar-refractivity contribution in [2.45, 2.75) is 4.90 Å². The Kier molecular flexibility index (Phi) is 7.69. The molecule has 1 saturated heterocycles. The largest absolute Gasteiger partial charge is 0.478 e. The number of rotatable bonds is 9. The van der Waals surface area contributed by atoms with Gasteiger partial charge in [0.05, 0.1) is 21.1 Å². The minimum absolute atomic E-state index is 0.0524. The maximum Gasteiger partial charge on any atom is 0.335 e. The average Bonchev–Trinajstić information content (AvgIpc) is 3.68. The van der Waals surface area contributed by atoms with Crippen LogP contribution in [0.5, 0.6) is 0 Å². The number of aromatic carboxylic acids is 1. The van der Waals surface area contributed by atoms with Crippen LogP contribution in [0, 0.1) is 0 Å². The van der Waals surface area contributed by atoms with Gasteiger partial charge in [-0.2, -0.15) is 0 Å².